The molecule has 0 fully saturated rings. The maximum Gasteiger partial charge on any atom is 0.417 e. The molecule has 0 unspecified atom stereocenters. The summed E-state index contributed by atoms with van der Waals surface area (Å²) in [6.45, 7) is 3.83. The zero-order valence-corrected chi connectivity index (χ0v) is 19.1. The number of ether oxygens (including phenoxy) is 2. The van der Waals surface area contributed by atoms with Crippen molar-refractivity contribution in [3.63, 3.8) is 0 Å². The first-order valence-electron chi connectivity index (χ1n) is 9.98. The summed E-state index contributed by atoms with van der Waals surface area (Å²) in [6, 6.07) is 11.8. The molecule has 0 saturated carbocycles. The highest BCUT2D eigenvalue weighted by Crippen LogP contribution is 2.42. The van der Waals surface area contributed by atoms with Gasteiger partial charge in [0.1, 0.15) is 23.0 Å². The zero-order chi connectivity index (χ0) is 23.9. The number of hydrogen-bond acceptors (Lipinski definition) is 4. The molecule has 4 aromatic rings. The third-order valence-electron chi connectivity index (χ3n) is 5.39. The van der Waals surface area contributed by atoms with E-state index in [-0.39, 0.29) is 10.7 Å². The van der Waals surface area contributed by atoms with Crippen molar-refractivity contribution in [3.05, 3.63) is 70.4 Å². The minimum atomic E-state index is -4.58. The summed E-state index contributed by atoms with van der Waals surface area (Å²) in [5.41, 5.74) is 2.81. The standard InChI is InChI=1S/C24H21ClF3N3O2/c1-13-6-5-7-14(2)20(13)29-23-21(17-11-16(32-3)8-9-19(17)33-4)30-22-18(25)10-15(12-31(22)23)24(26,27)28/h5-12,29H,1-4H3. The van der Waals surface area contributed by atoms with E-state index in [1.165, 1.54) is 18.6 Å². The van der Waals surface area contributed by atoms with Crippen LogP contribution in [0.1, 0.15) is 16.7 Å². The molecule has 2 aromatic heterocycles. The Labute approximate surface area is 193 Å². The third kappa shape index (κ3) is 4.18. The molecule has 0 spiro atoms. The lowest BCUT2D eigenvalue weighted by Crippen LogP contribution is -2.08. The molecule has 0 amide bonds. The summed E-state index contributed by atoms with van der Waals surface area (Å²) in [5, 5.41) is 3.18. The lowest BCUT2D eigenvalue weighted by atomic mass is 10.1. The Hall–Kier alpha value is -3.39. The van der Waals surface area contributed by atoms with Gasteiger partial charge < -0.3 is 14.8 Å². The number of para-hydroxylation sites is 1. The van der Waals surface area contributed by atoms with Gasteiger partial charge in [0.25, 0.3) is 0 Å². The first-order chi connectivity index (χ1) is 15.6. The second-order valence-corrected chi connectivity index (χ2v) is 7.94. The zero-order valence-electron chi connectivity index (χ0n) is 18.3. The minimum Gasteiger partial charge on any atom is -0.497 e. The van der Waals surface area contributed by atoms with Gasteiger partial charge in [-0.1, -0.05) is 29.8 Å². The monoisotopic (exact) mass is 475 g/mol. The van der Waals surface area contributed by atoms with Crippen molar-refractivity contribution in [2.75, 3.05) is 19.5 Å². The van der Waals surface area contributed by atoms with Crippen LogP contribution in [0.5, 0.6) is 11.5 Å². The van der Waals surface area contributed by atoms with Crippen LogP contribution in [-0.4, -0.2) is 23.6 Å². The van der Waals surface area contributed by atoms with E-state index in [4.69, 9.17) is 21.1 Å². The van der Waals surface area contributed by atoms with Crippen molar-refractivity contribution in [2.45, 2.75) is 20.0 Å². The van der Waals surface area contributed by atoms with E-state index in [0.717, 1.165) is 29.1 Å². The molecule has 0 atom stereocenters. The molecular weight excluding hydrogens is 455 g/mol. The second kappa shape index (κ2) is 8.51. The van der Waals surface area contributed by atoms with Crippen LogP contribution in [-0.2, 0) is 6.18 Å². The summed E-state index contributed by atoms with van der Waals surface area (Å²) >= 11 is 6.27. The Morgan fingerprint density at radius 3 is 2.30 bits per heavy atom. The molecule has 0 aliphatic heterocycles. The Balaban J connectivity index is 2.07. The summed E-state index contributed by atoms with van der Waals surface area (Å²) in [5.74, 6) is 1.35. The number of nitrogens with one attached hydrogen (secondary N) is 1. The van der Waals surface area contributed by atoms with Crippen molar-refractivity contribution in [3.8, 4) is 22.8 Å². The number of halogens is 4. The van der Waals surface area contributed by atoms with E-state index in [9.17, 15) is 13.2 Å². The van der Waals surface area contributed by atoms with Gasteiger partial charge in [-0.3, -0.25) is 4.40 Å². The highest BCUT2D eigenvalue weighted by atomic mass is 35.5. The number of anilines is 2. The summed E-state index contributed by atoms with van der Waals surface area (Å²) in [4.78, 5) is 4.61. The normalized spacial score (nSPS) is 11.6. The largest absolute Gasteiger partial charge is 0.497 e. The third-order valence-corrected chi connectivity index (χ3v) is 5.67. The van der Waals surface area contributed by atoms with Gasteiger partial charge in [-0.05, 0) is 49.2 Å². The second-order valence-electron chi connectivity index (χ2n) is 7.54. The number of fused-ring (bicyclic) bond motifs is 1. The Morgan fingerprint density at radius 1 is 1.00 bits per heavy atom. The van der Waals surface area contributed by atoms with E-state index in [2.05, 4.69) is 10.3 Å². The lowest BCUT2D eigenvalue weighted by molar-refractivity contribution is -0.137. The lowest BCUT2D eigenvalue weighted by Gasteiger charge is -2.16. The fourth-order valence-electron chi connectivity index (χ4n) is 3.70. The topological polar surface area (TPSA) is 47.8 Å². The molecule has 0 saturated heterocycles. The van der Waals surface area contributed by atoms with Gasteiger partial charge >= 0.3 is 6.18 Å². The molecule has 4 rings (SSSR count). The van der Waals surface area contributed by atoms with E-state index in [0.29, 0.717) is 28.6 Å². The van der Waals surface area contributed by atoms with Crippen LogP contribution in [0, 0.1) is 13.8 Å². The Morgan fingerprint density at radius 2 is 1.70 bits per heavy atom. The van der Waals surface area contributed by atoms with Gasteiger partial charge in [0.05, 0.1) is 24.8 Å². The summed E-state index contributed by atoms with van der Waals surface area (Å²) in [7, 11) is 3.03. The molecule has 33 heavy (non-hydrogen) atoms. The predicted octanol–water partition coefficient (Wildman–Crippen LogP) is 7.05. The van der Waals surface area contributed by atoms with Crippen molar-refractivity contribution in [1.29, 1.82) is 0 Å². The minimum absolute atomic E-state index is 0.123. The molecule has 0 bridgehead atoms. The van der Waals surface area contributed by atoms with Gasteiger partial charge in [0, 0.05) is 17.4 Å². The van der Waals surface area contributed by atoms with E-state index < -0.39 is 11.7 Å². The average molecular weight is 476 g/mol. The molecule has 0 aliphatic rings. The molecular formula is C24H21ClF3N3O2. The van der Waals surface area contributed by atoms with E-state index in [1.807, 2.05) is 32.0 Å². The molecule has 172 valence electrons. The fraction of sp³-hybridized carbons (Fsp3) is 0.208. The van der Waals surface area contributed by atoms with Crippen molar-refractivity contribution >= 4 is 28.8 Å². The number of aromatic nitrogens is 2. The van der Waals surface area contributed by atoms with Crippen molar-refractivity contribution < 1.29 is 22.6 Å². The van der Waals surface area contributed by atoms with Crippen LogP contribution in [0.15, 0.2) is 48.7 Å². The number of imidazole rings is 1. The van der Waals surface area contributed by atoms with E-state index >= 15 is 0 Å². The maximum atomic E-state index is 13.6. The highest BCUT2D eigenvalue weighted by Gasteiger charge is 2.33. The molecule has 9 heteroatoms. The van der Waals surface area contributed by atoms with Gasteiger partial charge in [-0.25, -0.2) is 4.98 Å². The SMILES string of the molecule is COc1ccc(OC)c(-c2nc3c(Cl)cc(C(F)(F)F)cn3c2Nc2c(C)cccc2C)c1. The van der Waals surface area contributed by atoms with E-state index in [1.54, 1.807) is 18.2 Å². The first kappa shape index (κ1) is 22.8. The van der Waals surface area contributed by atoms with Gasteiger partial charge in [-0.2, -0.15) is 13.2 Å². The number of rotatable bonds is 5. The van der Waals surface area contributed by atoms with Crippen LogP contribution >= 0.6 is 11.6 Å². The average Bonchev–Trinajstić information content (AvgIpc) is 3.14. The number of hydrogen-bond donors (Lipinski definition) is 1. The Bertz CT molecular complexity index is 1330. The number of alkyl halides is 3. The van der Waals surface area contributed by atoms with Crippen LogP contribution in [0.3, 0.4) is 0 Å². The fourth-order valence-corrected chi connectivity index (χ4v) is 3.95. The maximum absolute atomic E-state index is 13.6. The van der Waals surface area contributed by atoms with Gasteiger partial charge in [-0.15, -0.1) is 0 Å². The number of pyridine rings is 1. The molecule has 2 heterocycles. The van der Waals surface area contributed by atoms with Crippen LogP contribution in [0.4, 0.5) is 24.7 Å². The quantitative estimate of drug-likeness (QED) is 0.336. The number of methoxy groups -OCH3 is 2. The van der Waals surface area contributed by atoms with Crippen molar-refractivity contribution in [2.24, 2.45) is 0 Å². The summed E-state index contributed by atoms with van der Waals surface area (Å²) in [6.07, 6.45) is -3.59. The molecule has 1 N–H and O–H groups in total. The number of aryl methyl sites for hydroxylation is 2. The van der Waals surface area contributed by atoms with Gasteiger partial charge in [0.2, 0.25) is 0 Å². The molecule has 0 radical (unpaired) electrons. The van der Waals surface area contributed by atoms with Crippen LogP contribution in [0.2, 0.25) is 5.02 Å². The first-order valence-corrected chi connectivity index (χ1v) is 10.4. The Kier molecular flexibility index (Phi) is 5.88. The number of benzene rings is 2. The smallest absolute Gasteiger partial charge is 0.417 e. The highest BCUT2D eigenvalue weighted by molar-refractivity contribution is 6.33. The van der Waals surface area contributed by atoms with Gasteiger partial charge in [0.15, 0.2) is 5.65 Å². The van der Waals surface area contributed by atoms with Crippen molar-refractivity contribution in [1.82, 2.24) is 9.38 Å². The van der Waals surface area contributed by atoms with Crippen LogP contribution < -0.4 is 14.8 Å². The summed E-state index contributed by atoms with van der Waals surface area (Å²) < 4.78 is 52.9. The number of nitrogens with zero attached hydrogens (tertiary/aromatic N) is 2. The molecule has 5 nitrogen and oxygen atoms in total. The molecule has 2 aromatic carbocycles. The van der Waals surface area contributed by atoms with Crippen LogP contribution in [0.25, 0.3) is 16.9 Å². The molecule has 0 aliphatic carbocycles. The predicted molar refractivity (Wildman–Crippen MR) is 123 cm³/mol.